The van der Waals surface area contributed by atoms with Crippen LogP contribution in [0.4, 0.5) is 4.79 Å². The second-order valence-corrected chi connectivity index (χ2v) is 13.7. The summed E-state index contributed by atoms with van der Waals surface area (Å²) in [4.78, 5) is 47.5. The van der Waals surface area contributed by atoms with E-state index in [9.17, 15) is 9.59 Å². The molecule has 4 heterocycles. The van der Waals surface area contributed by atoms with E-state index in [0.29, 0.717) is 50.4 Å². The first-order valence-corrected chi connectivity index (χ1v) is 17.9. The Labute approximate surface area is 299 Å². The molecule has 3 aliphatic heterocycles. The molecule has 10 heteroatoms. The Morgan fingerprint density at radius 3 is 2.33 bits per heavy atom. The molecule has 3 aliphatic rings. The minimum atomic E-state index is -0.384. The molecule has 1 aromatic heterocycles. The summed E-state index contributed by atoms with van der Waals surface area (Å²) in [6.07, 6.45) is 0.996. The number of carbonyl (C=O) groups excluding carboxylic acids is 3. The van der Waals surface area contributed by atoms with E-state index < -0.39 is 0 Å². The number of morpholine rings is 1. The highest BCUT2D eigenvalue weighted by Gasteiger charge is 2.35. The molecule has 4 aromatic rings. The quantitative estimate of drug-likeness (QED) is 0.217. The van der Waals surface area contributed by atoms with Gasteiger partial charge in [0.25, 0.3) is 5.91 Å². The number of amides is 2. The number of nitrogens with zero attached hydrogens (tertiary/aromatic N) is 4. The Balaban J connectivity index is 1.26. The molecule has 51 heavy (non-hydrogen) atoms. The average Bonchev–Trinajstić information content (AvgIpc) is 3.46. The van der Waals surface area contributed by atoms with Gasteiger partial charge in [0.05, 0.1) is 25.4 Å². The van der Waals surface area contributed by atoms with Gasteiger partial charge in [-0.2, -0.15) is 0 Å². The van der Waals surface area contributed by atoms with Crippen LogP contribution >= 0.6 is 0 Å². The zero-order valence-electron chi connectivity index (χ0n) is 29.7. The van der Waals surface area contributed by atoms with Crippen molar-refractivity contribution in [1.29, 1.82) is 0 Å². The van der Waals surface area contributed by atoms with Crippen LogP contribution in [0.5, 0.6) is 0 Å². The molecular weight excluding hydrogens is 644 g/mol. The van der Waals surface area contributed by atoms with Gasteiger partial charge < -0.3 is 28.6 Å². The molecule has 0 radical (unpaired) electrons. The van der Waals surface area contributed by atoms with Crippen LogP contribution in [0.3, 0.4) is 0 Å². The van der Waals surface area contributed by atoms with Gasteiger partial charge in [-0.15, -0.1) is 0 Å². The van der Waals surface area contributed by atoms with Crippen molar-refractivity contribution in [3.8, 4) is 11.3 Å². The number of ether oxygens (including phenoxy) is 3. The maximum atomic E-state index is 15.1. The standard InChI is InChI=1S/C41H46N4O6/c1-4-50-40(47)35-23-38(42(3)28(35)2)36-21-31-14-15-44(41(48)51-27-29-10-6-5-7-11-29)24-33(31)22-37(36)39(46)45-25-32-13-9-8-12-30(32)20-34(45)26-43-16-18-49-19-17-43/h5-13,21-23,34H,4,14-20,24-27H2,1-3H3/t34-/m0/s1. The lowest BCUT2D eigenvalue weighted by atomic mass is 9.89. The Bertz CT molecular complexity index is 1910. The normalized spacial score (nSPS) is 17.4. The lowest BCUT2D eigenvalue weighted by Gasteiger charge is -2.41. The molecule has 3 aromatic carbocycles. The van der Waals surface area contributed by atoms with Gasteiger partial charge in [0, 0.05) is 74.9 Å². The van der Waals surface area contributed by atoms with Crippen LogP contribution in [0.15, 0.2) is 72.8 Å². The summed E-state index contributed by atoms with van der Waals surface area (Å²) in [5.74, 6) is -0.452. The smallest absolute Gasteiger partial charge is 0.410 e. The Morgan fingerprint density at radius 1 is 0.824 bits per heavy atom. The molecule has 1 atom stereocenters. The predicted molar refractivity (Wildman–Crippen MR) is 193 cm³/mol. The van der Waals surface area contributed by atoms with Crippen LogP contribution in [0.2, 0.25) is 0 Å². The van der Waals surface area contributed by atoms with Crippen molar-refractivity contribution in [2.45, 2.75) is 52.4 Å². The molecule has 0 N–H and O–H groups in total. The molecule has 7 rings (SSSR count). The van der Waals surface area contributed by atoms with Crippen molar-refractivity contribution in [2.75, 3.05) is 46.0 Å². The summed E-state index contributed by atoms with van der Waals surface area (Å²) < 4.78 is 18.7. The van der Waals surface area contributed by atoms with Crippen molar-refractivity contribution in [2.24, 2.45) is 7.05 Å². The lowest BCUT2D eigenvalue weighted by Crippen LogP contribution is -2.52. The van der Waals surface area contributed by atoms with Gasteiger partial charge in [-0.3, -0.25) is 9.69 Å². The highest BCUT2D eigenvalue weighted by atomic mass is 16.6. The fourth-order valence-electron chi connectivity index (χ4n) is 7.56. The van der Waals surface area contributed by atoms with Crippen LogP contribution in [-0.2, 0) is 53.8 Å². The van der Waals surface area contributed by atoms with Gasteiger partial charge in [-0.25, -0.2) is 9.59 Å². The van der Waals surface area contributed by atoms with E-state index in [1.165, 1.54) is 5.56 Å². The molecule has 1 saturated heterocycles. The van der Waals surface area contributed by atoms with E-state index in [0.717, 1.165) is 65.3 Å². The number of hydrogen-bond acceptors (Lipinski definition) is 7. The second-order valence-electron chi connectivity index (χ2n) is 13.7. The molecule has 0 saturated carbocycles. The minimum absolute atomic E-state index is 0.0379. The maximum Gasteiger partial charge on any atom is 0.410 e. The molecule has 0 bridgehead atoms. The van der Waals surface area contributed by atoms with Gasteiger partial charge in [0.2, 0.25) is 0 Å². The number of fused-ring (bicyclic) bond motifs is 2. The number of esters is 1. The van der Waals surface area contributed by atoms with Crippen LogP contribution in [0.25, 0.3) is 11.3 Å². The Hall–Kier alpha value is -4.93. The summed E-state index contributed by atoms with van der Waals surface area (Å²) in [7, 11) is 1.92. The van der Waals surface area contributed by atoms with E-state index in [1.807, 2.05) is 72.0 Å². The molecule has 266 valence electrons. The predicted octanol–water partition coefficient (Wildman–Crippen LogP) is 5.77. The van der Waals surface area contributed by atoms with E-state index in [4.69, 9.17) is 14.2 Å². The molecule has 2 amide bonds. The van der Waals surface area contributed by atoms with E-state index in [-0.39, 0.29) is 37.2 Å². The van der Waals surface area contributed by atoms with E-state index >= 15 is 4.79 Å². The summed E-state index contributed by atoms with van der Waals surface area (Å²) >= 11 is 0. The molecule has 0 spiro atoms. The highest BCUT2D eigenvalue weighted by molar-refractivity contribution is 6.02. The van der Waals surface area contributed by atoms with Gasteiger partial charge in [-0.05, 0) is 72.7 Å². The Morgan fingerprint density at radius 2 is 1.57 bits per heavy atom. The summed E-state index contributed by atoms with van der Waals surface area (Å²) in [5.41, 5.74) is 8.67. The molecule has 0 aliphatic carbocycles. The molecule has 1 fully saturated rings. The maximum absolute atomic E-state index is 15.1. The fraction of sp³-hybridized carbons (Fsp3) is 0.390. The number of rotatable bonds is 8. The zero-order valence-corrected chi connectivity index (χ0v) is 29.7. The summed E-state index contributed by atoms with van der Waals surface area (Å²) in [5, 5.41) is 0. The third-order valence-electron chi connectivity index (χ3n) is 10.5. The van der Waals surface area contributed by atoms with E-state index in [2.05, 4.69) is 29.2 Å². The van der Waals surface area contributed by atoms with Gasteiger partial charge in [-0.1, -0.05) is 54.6 Å². The second kappa shape index (κ2) is 15.1. The molecule has 10 nitrogen and oxygen atoms in total. The van der Waals surface area contributed by atoms with Crippen LogP contribution in [0, 0.1) is 6.92 Å². The van der Waals surface area contributed by atoms with Crippen LogP contribution < -0.4 is 0 Å². The van der Waals surface area contributed by atoms with Crippen molar-refractivity contribution >= 4 is 18.0 Å². The topological polar surface area (TPSA) is 93.6 Å². The van der Waals surface area contributed by atoms with Crippen molar-refractivity contribution in [3.63, 3.8) is 0 Å². The molecule has 0 unspecified atom stereocenters. The van der Waals surface area contributed by atoms with Gasteiger partial charge >= 0.3 is 12.1 Å². The van der Waals surface area contributed by atoms with Gasteiger partial charge in [0.15, 0.2) is 0 Å². The third kappa shape index (κ3) is 7.29. The monoisotopic (exact) mass is 690 g/mol. The number of hydrogen-bond donors (Lipinski definition) is 0. The first-order chi connectivity index (χ1) is 24.8. The van der Waals surface area contributed by atoms with Crippen molar-refractivity contribution in [1.82, 2.24) is 19.3 Å². The zero-order chi connectivity index (χ0) is 35.5. The SMILES string of the molecule is CCOC(=O)c1cc(-c2cc3c(cc2C(=O)N2Cc4ccccc4C[C@H]2CN2CCOCC2)CN(C(=O)OCc2ccccc2)CC3)n(C)c1C. The van der Waals surface area contributed by atoms with Crippen LogP contribution in [-0.4, -0.2) is 89.3 Å². The van der Waals surface area contributed by atoms with Crippen LogP contribution in [0.1, 0.15) is 61.2 Å². The third-order valence-corrected chi connectivity index (χ3v) is 10.5. The first-order valence-electron chi connectivity index (χ1n) is 17.9. The highest BCUT2D eigenvalue weighted by Crippen LogP contribution is 2.35. The summed E-state index contributed by atoms with van der Waals surface area (Å²) in [6, 6.07) is 23.9. The largest absolute Gasteiger partial charge is 0.462 e. The number of aromatic nitrogens is 1. The summed E-state index contributed by atoms with van der Waals surface area (Å²) in [6.45, 7) is 9.29. The van der Waals surface area contributed by atoms with E-state index in [1.54, 1.807) is 11.8 Å². The first kappa shape index (κ1) is 34.5. The van der Waals surface area contributed by atoms with Gasteiger partial charge in [0.1, 0.15) is 6.61 Å². The average molecular weight is 691 g/mol. The minimum Gasteiger partial charge on any atom is -0.462 e. The lowest BCUT2D eigenvalue weighted by molar-refractivity contribution is 0.0193. The number of benzene rings is 3. The van der Waals surface area contributed by atoms with Crippen molar-refractivity contribution in [3.05, 3.63) is 117 Å². The Kier molecular flexibility index (Phi) is 10.2. The number of carbonyl (C=O) groups is 3. The fourth-order valence-corrected chi connectivity index (χ4v) is 7.56. The molecular formula is C41H46N4O6. The van der Waals surface area contributed by atoms with Crippen molar-refractivity contribution < 1.29 is 28.6 Å².